The van der Waals surface area contributed by atoms with Crippen LogP contribution in [0.3, 0.4) is 0 Å². The number of carbonyl (C=O) groups is 1. The summed E-state index contributed by atoms with van der Waals surface area (Å²) in [6, 6.07) is 4.54. The fourth-order valence-electron chi connectivity index (χ4n) is 1.59. The first-order chi connectivity index (χ1) is 9.72. The number of carboxylic acids is 1. The lowest BCUT2D eigenvalue weighted by atomic mass is 9.90. The van der Waals surface area contributed by atoms with Crippen LogP contribution in [-0.2, 0) is 11.3 Å². The zero-order valence-electron chi connectivity index (χ0n) is 11.8. The maximum absolute atomic E-state index is 12.1. The van der Waals surface area contributed by atoms with E-state index in [-0.39, 0.29) is 10.8 Å². The Bertz CT molecular complexity index is 495. The van der Waals surface area contributed by atoms with E-state index < -0.39 is 18.0 Å². The van der Waals surface area contributed by atoms with Crippen LogP contribution in [0.4, 0.5) is 8.78 Å². The number of ether oxygens (including phenoxy) is 1. The molecular formula is C14H18ClF2NO3. The smallest absolute Gasteiger partial charge is 0.387 e. The number of benzene rings is 1. The molecule has 118 valence electrons. The fraction of sp³-hybridized carbons (Fsp3) is 0.500. The van der Waals surface area contributed by atoms with E-state index in [0.29, 0.717) is 19.5 Å². The van der Waals surface area contributed by atoms with Gasteiger partial charge in [-0.2, -0.15) is 8.78 Å². The van der Waals surface area contributed by atoms with Crippen molar-refractivity contribution in [2.75, 3.05) is 6.54 Å². The second kappa shape index (κ2) is 7.56. The Balaban J connectivity index is 2.46. The lowest BCUT2D eigenvalue weighted by Gasteiger charge is -2.19. The summed E-state index contributed by atoms with van der Waals surface area (Å²) in [6.07, 6.45) is 0.475. The van der Waals surface area contributed by atoms with Crippen molar-refractivity contribution in [2.45, 2.75) is 33.4 Å². The van der Waals surface area contributed by atoms with Gasteiger partial charge in [-0.25, -0.2) is 0 Å². The van der Waals surface area contributed by atoms with E-state index in [9.17, 15) is 13.6 Å². The third-order valence-electron chi connectivity index (χ3n) is 3.05. The van der Waals surface area contributed by atoms with Crippen LogP contribution in [0.1, 0.15) is 25.8 Å². The average molecular weight is 322 g/mol. The van der Waals surface area contributed by atoms with Crippen LogP contribution >= 0.6 is 11.6 Å². The van der Waals surface area contributed by atoms with Crippen molar-refractivity contribution in [3.05, 3.63) is 28.8 Å². The van der Waals surface area contributed by atoms with E-state index in [1.165, 1.54) is 12.1 Å². The maximum atomic E-state index is 12.1. The summed E-state index contributed by atoms with van der Waals surface area (Å²) in [7, 11) is 0. The Morgan fingerprint density at radius 3 is 2.67 bits per heavy atom. The Labute approximate surface area is 127 Å². The SMILES string of the molecule is CC(C)(CCNCc1ccc(OC(F)F)c(Cl)c1)C(=O)O. The van der Waals surface area contributed by atoms with Gasteiger partial charge in [0.2, 0.25) is 0 Å². The number of hydrogen-bond acceptors (Lipinski definition) is 3. The molecule has 0 saturated heterocycles. The molecule has 0 fully saturated rings. The predicted molar refractivity (Wildman–Crippen MR) is 75.8 cm³/mol. The largest absolute Gasteiger partial charge is 0.481 e. The molecule has 0 aliphatic carbocycles. The predicted octanol–water partition coefficient (Wildman–Crippen LogP) is 3.53. The van der Waals surface area contributed by atoms with Crippen molar-refractivity contribution >= 4 is 17.6 Å². The molecule has 2 N–H and O–H groups in total. The minimum atomic E-state index is -2.91. The van der Waals surface area contributed by atoms with Crippen molar-refractivity contribution < 1.29 is 23.4 Å². The van der Waals surface area contributed by atoms with Crippen molar-refractivity contribution in [3.8, 4) is 5.75 Å². The molecule has 0 radical (unpaired) electrons. The van der Waals surface area contributed by atoms with Gasteiger partial charge in [0, 0.05) is 6.54 Å². The van der Waals surface area contributed by atoms with E-state index in [0.717, 1.165) is 5.56 Å². The zero-order chi connectivity index (χ0) is 16.0. The highest BCUT2D eigenvalue weighted by atomic mass is 35.5. The summed E-state index contributed by atoms with van der Waals surface area (Å²) in [5.41, 5.74) is 0.00864. The number of aliphatic carboxylic acids is 1. The first-order valence-electron chi connectivity index (χ1n) is 6.40. The van der Waals surface area contributed by atoms with Gasteiger partial charge < -0.3 is 15.2 Å². The van der Waals surface area contributed by atoms with Gasteiger partial charge in [0.25, 0.3) is 0 Å². The second-order valence-corrected chi connectivity index (χ2v) is 5.67. The quantitative estimate of drug-likeness (QED) is 0.719. The van der Waals surface area contributed by atoms with Crippen LogP contribution in [0.25, 0.3) is 0 Å². The number of nitrogens with one attached hydrogen (secondary N) is 1. The van der Waals surface area contributed by atoms with Gasteiger partial charge in [0.1, 0.15) is 5.75 Å². The number of halogens is 3. The summed E-state index contributed by atoms with van der Waals surface area (Å²) in [4.78, 5) is 10.9. The summed E-state index contributed by atoms with van der Waals surface area (Å²) in [5, 5.41) is 12.2. The molecule has 21 heavy (non-hydrogen) atoms. The molecule has 1 rings (SSSR count). The van der Waals surface area contributed by atoms with Gasteiger partial charge >= 0.3 is 12.6 Å². The highest BCUT2D eigenvalue weighted by Gasteiger charge is 2.26. The molecule has 0 unspecified atom stereocenters. The first kappa shape index (κ1) is 17.7. The molecule has 0 saturated carbocycles. The van der Waals surface area contributed by atoms with Gasteiger partial charge in [-0.15, -0.1) is 0 Å². The molecule has 0 aliphatic heterocycles. The molecule has 7 heteroatoms. The van der Waals surface area contributed by atoms with E-state index in [4.69, 9.17) is 16.7 Å². The first-order valence-corrected chi connectivity index (χ1v) is 6.77. The van der Waals surface area contributed by atoms with E-state index in [2.05, 4.69) is 10.1 Å². The minimum absolute atomic E-state index is 0.0672. The van der Waals surface area contributed by atoms with Gasteiger partial charge in [0.05, 0.1) is 10.4 Å². The molecule has 0 amide bonds. The van der Waals surface area contributed by atoms with Crippen LogP contribution < -0.4 is 10.1 Å². The topological polar surface area (TPSA) is 58.6 Å². The molecule has 0 heterocycles. The standard InChI is InChI=1S/C14H18ClF2NO3/c1-14(2,12(19)20)5-6-18-8-9-3-4-11(10(15)7-9)21-13(16)17/h3-4,7,13,18H,5-6,8H2,1-2H3,(H,19,20). The van der Waals surface area contributed by atoms with Gasteiger partial charge in [0.15, 0.2) is 0 Å². The van der Waals surface area contributed by atoms with E-state index in [1.54, 1.807) is 19.9 Å². The van der Waals surface area contributed by atoms with Crippen LogP contribution in [0.15, 0.2) is 18.2 Å². The lowest BCUT2D eigenvalue weighted by molar-refractivity contribution is -0.147. The molecule has 4 nitrogen and oxygen atoms in total. The van der Waals surface area contributed by atoms with Crippen LogP contribution in [0, 0.1) is 5.41 Å². The molecule has 0 bridgehead atoms. The Hall–Kier alpha value is -1.40. The summed E-state index contributed by atoms with van der Waals surface area (Å²) >= 11 is 5.84. The third kappa shape index (κ3) is 5.85. The summed E-state index contributed by atoms with van der Waals surface area (Å²) in [6.45, 7) is 1.38. The molecule has 0 aromatic heterocycles. The average Bonchev–Trinajstić information content (AvgIpc) is 2.37. The van der Waals surface area contributed by atoms with Gasteiger partial charge in [-0.3, -0.25) is 4.79 Å². The number of alkyl halides is 2. The number of rotatable bonds is 8. The normalized spacial score (nSPS) is 11.7. The Morgan fingerprint density at radius 1 is 1.48 bits per heavy atom. The molecule has 0 atom stereocenters. The molecular weight excluding hydrogens is 304 g/mol. The highest BCUT2D eigenvalue weighted by molar-refractivity contribution is 6.32. The van der Waals surface area contributed by atoms with Crippen molar-refractivity contribution in [2.24, 2.45) is 5.41 Å². The van der Waals surface area contributed by atoms with E-state index >= 15 is 0 Å². The monoisotopic (exact) mass is 321 g/mol. The number of hydrogen-bond donors (Lipinski definition) is 2. The second-order valence-electron chi connectivity index (χ2n) is 5.26. The zero-order valence-corrected chi connectivity index (χ0v) is 12.6. The van der Waals surface area contributed by atoms with Gasteiger partial charge in [-0.1, -0.05) is 17.7 Å². The molecule has 0 spiro atoms. The van der Waals surface area contributed by atoms with Crippen LogP contribution in [-0.4, -0.2) is 24.2 Å². The molecule has 1 aromatic carbocycles. The van der Waals surface area contributed by atoms with Gasteiger partial charge in [-0.05, 0) is 44.5 Å². The summed E-state index contributed by atoms with van der Waals surface area (Å²) in [5.74, 6) is -0.914. The van der Waals surface area contributed by atoms with Crippen molar-refractivity contribution in [1.82, 2.24) is 5.32 Å². The Morgan fingerprint density at radius 2 is 2.14 bits per heavy atom. The van der Waals surface area contributed by atoms with Crippen molar-refractivity contribution in [3.63, 3.8) is 0 Å². The lowest BCUT2D eigenvalue weighted by Crippen LogP contribution is -2.28. The summed E-state index contributed by atoms with van der Waals surface area (Å²) < 4.78 is 28.4. The minimum Gasteiger partial charge on any atom is -0.481 e. The van der Waals surface area contributed by atoms with Crippen LogP contribution in [0.5, 0.6) is 5.75 Å². The third-order valence-corrected chi connectivity index (χ3v) is 3.34. The van der Waals surface area contributed by atoms with Crippen LogP contribution in [0.2, 0.25) is 5.02 Å². The molecule has 0 aliphatic rings. The van der Waals surface area contributed by atoms with E-state index in [1.807, 2.05) is 0 Å². The highest BCUT2D eigenvalue weighted by Crippen LogP contribution is 2.27. The Kier molecular flexibility index (Phi) is 6.36. The fourth-order valence-corrected chi connectivity index (χ4v) is 1.83. The molecule has 1 aromatic rings. The number of carboxylic acid groups (broad SMARTS) is 1. The maximum Gasteiger partial charge on any atom is 0.387 e. The van der Waals surface area contributed by atoms with Crippen molar-refractivity contribution in [1.29, 1.82) is 0 Å².